The highest BCUT2D eigenvalue weighted by Gasteiger charge is 2.24. The number of methoxy groups -OCH3 is 1. The summed E-state index contributed by atoms with van der Waals surface area (Å²) in [6.45, 7) is 2.52. The van der Waals surface area contributed by atoms with Crippen LogP contribution in [-0.2, 0) is 6.54 Å². The second kappa shape index (κ2) is 10.3. The first-order valence-corrected chi connectivity index (χ1v) is 11.9. The fourth-order valence-electron chi connectivity index (χ4n) is 4.12. The maximum atomic E-state index is 13.7. The Balaban J connectivity index is 1.56. The maximum absolute atomic E-state index is 13.7. The van der Waals surface area contributed by atoms with E-state index in [4.69, 9.17) is 4.74 Å². The first-order chi connectivity index (χ1) is 15.5. The zero-order valence-electron chi connectivity index (χ0n) is 18.4. The molecule has 1 saturated carbocycles. The number of nitrogens with one attached hydrogen (secondary N) is 1. The Hall–Kier alpha value is -2.61. The number of rotatable bonds is 8. The second-order valence-corrected chi connectivity index (χ2v) is 9.39. The average molecular weight is 459 g/mol. The van der Waals surface area contributed by atoms with E-state index in [-0.39, 0.29) is 5.25 Å². The number of aromatic nitrogens is 3. The molecule has 1 N–H and O–H groups in total. The Labute approximate surface area is 191 Å². The summed E-state index contributed by atoms with van der Waals surface area (Å²) in [7, 11) is 1.65. The van der Waals surface area contributed by atoms with Gasteiger partial charge in [-0.3, -0.25) is 0 Å². The van der Waals surface area contributed by atoms with Crippen LogP contribution in [0.2, 0.25) is 0 Å². The van der Waals surface area contributed by atoms with E-state index >= 15 is 0 Å². The lowest BCUT2D eigenvalue weighted by Gasteiger charge is -2.26. The number of benzene rings is 2. The predicted molar refractivity (Wildman–Crippen MR) is 123 cm³/mol. The van der Waals surface area contributed by atoms with Crippen molar-refractivity contribution in [2.45, 2.75) is 62.0 Å². The van der Waals surface area contributed by atoms with E-state index in [1.165, 1.54) is 43.2 Å². The van der Waals surface area contributed by atoms with Crippen LogP contribution in [0.25, 0.3) is 0 Å². The molecule has 32 heavy (non-hydrogen) atoms. The van der Waals surface area contributed by atoms with Gasteiger partial charge in [-0.25, -0.2) is 8.78 Å². The average Bonchev–Trinajstić information content (AvgIpc) is 3.22. The third kappa shape index (κ3) is 5.23. The van der Waals surface area contributed by atoms with E-state index in [1.807, 2.05) is 31.2 Å². The molecule has 1 aliphatic carbocycles. The Morgan fingerprint density at radius 3 is 2.66 bits per heavy atom. The van der Waals surface area contributed by atoms with Gasteiger partial charge in [0.15, 0.2) is 22.6 Å². The van der Waals surface area contributed by atoms with Crippen LogP contribution in [0.5, 0.6) is 5.75 Å². The van der Waals surface area contributed by atoms with Crippen LogP contribution >= 0.6 is 11.8 Å². The zero-order valence-corrected chi connectivity index (χ0v) is 19.2. The Bertz CT molecular complexity index is 1050. The van der Waals surface area contributed by atoms with E-state index in [0.29, 0.717) is 12.6 Å². The van der Waals surface area contributed by atoms with Gasteiger partial charge in [-0.2, -0.15) is 0 Å². The molecule has 0 bridgehead atoms. The van der Waals surface area contributed by atoms with Crippen LogP contribution < -0.4 is 10.1 Å². The van der Waals surface area contributed by atoms with E-state index < -0.39 is 11.6 Å². The highest BCUT2D eigenvalue weighted by molar-refractivity contribution is 7.99. The molecule has 1 aromatic heterocycles. The molecule has 0 aliphatic heterocycles. The van der Waals surface area contributed by atoms with Gasteiger partial charge in [-0.15, -0.1) is 10.2 Å². The van der Waals surface area contributed by atoms with Gasteiger partial charge >= 0.3 is 0 Å². The minimum atomic E-state index is -0.831. The molecule has 0 spiro atoms. The summed E-state index contributed by atoms with van der Waals surface area (Å²) < 4.78 is 34.6. The quantitative estimate of drug-likeness (QED) is 0.389. The van der Waals surface area contributed by atoms with Crippen molar-refractivity contribution in [2.24, 2.45) is 0 Å². The molecular formula is C24H28F2N4OS. The number of thioether (sulfide) groups is 1. The van der Waals surface area contributed by atoms with Crippen molar-refractivity contribution in [1.29, 1.82) is 0 Å². The van der Waals surface area contributed by atoms with Gasteiger partial charge in [-0.1, -0.05) is 43.2 Å². The second-order valence-electron chi connectivity index (χ2n) is 8.08. The molecule has 1 aliphatic rings. The molecule has 5 nitrogen and oxygen atoms in total. The number of halogens is 2. The topological polar surface area (TPSA) is 52.0 Å². The van der Waals surface area contributed by atoms with Crippen LogP contribution in [0.1, 0.15) is 61.7 Å². The van der Waals surface area contributed by atoms with Gasteiger partial charge in [0, 0.05) is 23.0 Å². The van der Waals surface area contributed by atoms with Crippen LogP contribution in [0.4, 0.5) is 14.5 Å². The molecule has 0 amide bonds. The summed E-state index contributed by atoms with van der Waals surface area (Å²) in [6, 6.07) is 12.2. The number of ether oxygens (including phenoxy) is 1. The molecule has 1 unspecified atom stereocenters. The molecule has 3 aromatic rings. The molecule has 2 aromatic carbocycles. The van der Waals surface area contributed by atoms with Crippen molar-refractivity contribution in [3.05, 3.63) is 65.5 Å². The van der Waals surface area contributed by atoms with Gasteiger partial charge in [0.25, 0.3) is 0 Å². The summed E-state index contributed by atoms with van der Waals surface area (Å²) in [5.74, 6) is 0.00848. The van der Waals surface area contributed by atoms with Crippen molar-refractivity contribution in [3.8, 4) is 5.75 Å². The Kier molecular flexibility index (Phi) is 7.29. The third-order valence-corrected chi connectivity index (χ3v) is 7.01. The summed E-state index contributed by atoms with van der Waals surface area (Å²) in [6.07, 6.45) is 5.82. The van der Waals surface area contributed by atoms with Gasteiger partial charge in [0.05, 0.1) is 13.7 Å². The molecule has 1 heterocycles. The molecule has 170 valence electrons. The van der Waals surface area contributed by atoms with Crippen molar-refractivity contribution in [1.82, 2.24) is 14.8 Å². The highest BCUT2D eigenvalue weighted by Crippen LogP contribution is 2.38. The summed E-state index contributed by atoms with van der Waals surface area (Å²) in [5, 5.41) is 13.1. The van der Waals surface area contributed by atoms with Crippen LogP contribution in [0.15, 0.2) is 47.6 Å². The predicted octanol–water partition coefficient (Wildman–Crippen LogP) is 6.54. The van der Waals surface area contributed by atoms with Crippen molar-refractivity contribution in [3.63, 3.8) is 0 Å². The summed E-state index contributed by atoms with van der Waals surface area (Å²) >= 11 is 1.53. The molecule has 8 heteroatoms. The Morgan fingerprint density at radius 1 is 1.09 bits per heavy atom. The normalized spacial score (nSPS) is 15.5. The fraction of sp³-hybridized carbons (Fsp3) is 0.417. The number of hydrogen-bond acceptors (Lipinski definition) is 5. The zero-order chi connectivity index (χ0) is 22.5. The van der Waals surface area contributed by atoms with Crippen LogP contribution in [0.3, 0.4) is 0 Å². The SMILES string of the molecule is COc1cccc(NCc2nnc(SC(C)c3ccc(F)c(F)c3)n2C2CCCCC2)c1. The van der Waals surface area contributed by atoms with Crippen molar-refractivity contribution >= 4 is 17.4 Å². The van der Waals surface area contributed by atoms with E-state index in [9.17, 15) is 8.78 Å². The van der Waals surface area contributed by atoms with E-state index in [1.54, 1.807) is 13.2 Å². The molecule has 1 fully saturated rings. The lowest BCUT2D eigenvalue weighted by Crippen LogP contribution is -2.18. The monoisotopic (exact) mass is 458 g/mol. The van der Waals surface area contributed by atoms with Crippen LogP contribution in [-0.4, -0.2) is 21.9 Å². The number of anilines is 1. The molecule has 4 rings (SSSR count). The lowest BCUT2D eigenvalue weighted by molar-refractivity contribution is 0.330. The first-order valence-electron chi connectivity index (χ1n) is 11.0. The minimum absolute atomic E-state index is 0.0872. The third-order valence-electron chi connectivity index (χ3n) is 5.89. The highest BCUT2D eigenvalue weighted by atomic mass is 32.2. The fourth-order valence-corrected chi connectivity index (χ4v) is 5.17. The molecule has 0 radical (unpaired) electrons. The van der Waals surface area contributed by atoms with Gasteiger partial charge in [0.2, 0.25) is 0 Å². The first kappa shape index (κ1) is 22.6. The Morgan fingerprint density at radius 2 is 1.91 bits per heavy atom. The molecule has 0 saturated heterocycles. The van der Waals surface area contributed by atoms with Gasteiger partial charge in [-0.05, 0) is 49.6 Å². The van der Waals surface area contributed by atoms with E-state index in [0.717, 1.165) is 40.8 Å². The minimum Gasteiger partial charge on any atom is -0.497 e. The van der Waals surface area contributed by atoms with Crippen LogP contribution in [0, 0.1) is 11.6 Å². The van der Waals surface area contributed by atoms with Crippen molar-refractivity contribution < 1.29 is 13.5 Å². The molecular weight excluding hydrogens is 430 g/mol. The van der Waals surface area contributed by atoms with E-state index in [2.05, 4.69) is 20.1 Å². The molecule has 1 atom stereocenters. The number of hydrogen-bond donors (Lipinski definition) is 1. The smallest absolute Gasteiger partial charge is 0.192 e. The summed E-state index contributed by atoms with van der Waals surface area (Å²) in [5.41, 5.74) is 1.68. The number of nitrogens with zero attached hydrogens (tertiary/aromatic N) is 3. The summed E-state index contributed by atoms with van der Waals surface area (Å²) in [4.78, 5) is 0. The van der Waals surface area contributed by atoms with Crippen molar-refractivity contribution in [2.75, 3.05) is 12.4 Å². The lowest BCUT2D eigenvalue weighted by atomic mass is 9.95. The standard InChI is InChI=1S/C24H28F2N4OS/c1-16(17-11-12-21(25)22(26)13-17)32-24-29-28-23(30(24)19-8-4-3-5-9-19)15-27-18-7-6-10-20(14-18)31-2/h6-7,10-14,16,19,27H,3-5,8-9,15H2,1-2H3. The maximum Gasteiger partial charge on any atom is 0.192 e. The van der Waals surface area contributed by atoms with Gasteiger partial charge in [0.1, 0.15) is 5.75 Å². The van der Waals surface area contributed by atoms with Gasteiger partial charge < -0.3 is 14.6 Å². The largest absolute Gasteiger partial charge is 0.497 e.